The van der Waals surface area contributed by atoms with Crippen LogP contribution in [0.4, 0.5) is 0 Å². The van der Waals surface area contributed by atoms with E-state index < -0.39 is 0 Å². The zero-order chi connectivity index (χ0) is 16.8. The van der Waals surface area contributed by atoms with Crippen LogP contribution in [0.15, 0.2) is 12.4 Å². The molecule has 0 saturated heterocycles. The molecule has 0 amide bonds. The Morgan fingerprint density at radius 3 is 1.61 bits per heavy atom. The molecule has 0 radical (unpaired) electrons. The van der Waals surface area contributed by atoms with Crippen LogP contribution >= 0.6 is 0 Å². The van der Waals surface area contributed by atoms with E-state index in [1.54, 1.807) is 0 Å². The number of unbranched alkanes of at least 4 members (excludes halogenated alkanes) is 12. The summed E-state index contributed by atoms with van der Waals surface area (Å²) in [5.41, 5.74) is 0. The van der Waals surface area contributed by atoms with Crippen molar-refractivity contribution in [3.8, 4) is 0 Å². The summed E-state index contributed by atoms with van der Waals surface area (Å²) in [7, 11) is 2.19. The van der Waals surface area contributed by atoms with E-state index in [0.717, 1.165) is 0 Å². The predicted octanol–water partition coefficient (Wildman–Crippen LogP) is 6.53. The van der Waals surface area contributed by atoms with Crippen molar-refractivity contribution in [2.45, 2.75) is 110 Å². The van der Waals surface area contributed by atoms with Crippen LogP contribution in [0.5, 0.6) is 0 Å². The molecule has 0 N–H and O–H groups in total. The fourth-order valence-electron chi connectivity index (χ4n) is 3.68. The Bertz CT molecular complexity index is 288. The SMILES string of the molecule is CCCCCCCCCCCCCCCN1C=CN(C)C1CC. The van der Waals surface area contributed by atoms with E-state index in [0.29, 0.717) is 6.17 Å². The van der Waals surface area contributed by atoms with Crippen LogP contribution in [0.2, 0.25) is 0 Å². The molecule has 0 saturated carbocycles. The van der Waals surface area contributed by atoms with Crippen molar-refractivity contribution < 1.29 is 0 Å². The van der Waals surface area contributed by atoms with Gasteiger partial charge in [0.25, 0.3) is 0 Å². The first-order chi connectivity index (χ1) is 11.3. The lowest BCUT2D eigenvalue weighted by Crippen LogP contribution is -2.36. The largest absolute Gasteiger partial charge is 0.359 e. The molecule has 2 heteroatoms. The molecular weight excluding hydrogens is 280 g/mol. The van der Waals surface area contributed by atoms with Crippen LogP contribution in [0.25, 0.3) is 0 Å². The molecule has 1 atom stereocenters. The van der Waals surface area contributed by atoms with E-state index in [9.17, 15) is 0 Å². The number of hydrogen-bond acceptors (Lipinski definition) is 2. The molecule has 1 unspecified atom stereocenters. The van der Waals surface area contributed by atoms with Gasteiger partial charge in [-0.2, -0.15) is 0 Å². The van der Waals surface area contributed by atoms with Crippen LogP contribution in [0.1, 0.15) is 104 Å². The van der Waals surface area contributed by atoms with Crippen molar-refractivity contribution in [3.05, 3.63) is 12.4 Å². The second-order valence-electron chi connectivity index (χ2n) is 7.33. The highest BCUT2D eigenvalue weighted by molar-refractivity contribution is 4.94. The van der Waals surface area contributed by atoms with E-state index in [1.165, 1.54) is 96.4 Å². The monoisotopic (exact) mass is 322 g/mol. The molecule has 23 heavy (non-hydrogen) atoms. The second-order valence-corrected chi connectivity index (χ2v) is 7.33. The average molecular weight is 323 g/mol. The highest BCUT2D eigenvalue weighted by atomic mass is 15.4. The summed E-state index contributed by atoms with van der Waals surface area (Å²) < 4.78 is 0. The quantitative estimate of drug-likeness (QED) is 0.316. The van der Waals surface area contributed by atoms with Gasteiger partial charge in [-0.05, 0) is 12.8 Å². The summed E-state index contributed by atoms with van der Waals surface area (Å²) in [6.07, 6.45) is 25.0. The first-order valence-corrected chi connectivity index (χ1v) is 10.5. The van der Waals surface area contributed by atoms with Gasteiger partial charge in [0.1, 0.15) is 6.17 Å². The molecule has 1 aliphatic rings. The van der Waals surface area contributed by atoms with E-state index in [1.807, 2.05) is 0 Å². The zero-order valence-electron chi connectivity index (χ0n) is 16.2. The second kappa shape index (κ2) is 13.7. The Balaban J connectivity index is 1.81. The first kappa shape index (κ1) is 20.4. The topological polar surface area (TPSA) is 6.48 Å². The minimum absolute atomic E-state index is 0.604. The van der Waals surface area contributed by atoms with E-state index in [-0.39, 0.29) is 0 Å². The number of rotatable bonds is 15. The molecule has 0 aromatic carbocycles. The van der Waals surface area contributed by atoms with Crippen LogP contribution in [0.3, 0.4) is 0 Å². The molecule has 0 fully saturated rings. The maximum absolute atomic E-state index is 2.51. The van der Waals surface area contributed by atoms with Gasteiger partial charge in [-0.15, -0.1) is 0 Å². The Hall–Kier alpha value is -0.660. The third kappa shape index (κ3) is 9.27. The minimum atomic E-state index is 0.604. The molecule has 0 aromatic heterocycles. The number of nitrogens with zero attached hydrogens (tertiary/aromatic N) is 2. The van der Waals surface area contributed by atoms with Crippen molar-refractivity contribution >= 4 is 0 Å². The van der Waals surface area contributed by atoms with Crippen molar-refractivity contribution in [1.29, 1.82) is 0 Å². The molecule has 136 valence electrons. The molecule has 2 nitrogen and oxygen atoms in total. The van der Waals surface area contributed by atoms with Gasteiger partial charge < -0.3 is 9.80 Å². The fraction of sp³-hybridized carbons (Fsp3) is 0.905. The fourth-order valence-corrected chi connectivity index (χ4v) is 3.68. The maximum Gasteiger partial charge on any atom is 0.100 e. The summed E-state index contributed by atoms with van der Waals surface area (Å²) in [4.78, 5) is 4.85. The van der Waals surface area contributed by atoms with E-state index in [4.69, 9.17) is 0 Å². The summed E-state index contributed by atoms with van der Waals surface area (Å²) in [6, 6.07) is 0. The van der Waals surface area contributed by atoms with Gasteiger partial charge in [-0.25, -0.2) is 0 Å². The van der Waals surface area contributed by atoms with Gasteiger partial charge in [0.05, 0.1) is 0 Å². The molecule has 0 aliphatic carbocycles. The lowest BCUT2D eigenvalue weighted by molar-refractivity contribution is 0.168. The van der Waals surface area contributed by atoms with Gasteiger partial charge in [-0.3, -0.25) is 0 Å². The van der Waals surface area contributed by atoms with Gasteiger partial charge >= 0.3 is 0 Å². The number of hydrogen-bond donors (Lipinski definition) is 0. The van der Waals surface area contributed by atoms with Gasteiger partial charge in [0.2, 0.25) is 0 Å². The Labute approximate surface area is 146 Å². The molecule has 1 aliphatic heterocycles. The zero-order valence-corrected chi connectivity index (χ0v) is 16.2. The van der Waals surface area contributed by atoms with Crippen LogP contribution in [-0.4, -0.2) is 29.6 Å². The van der Waals surface area contributed by atoms with E-state index in [2.05, 4.69) is 43.1 Å². The van der Waals surface area contributed by atoms with E-state index >= 15 is 0 Å². The molecule has 0 bridgehead atoms. The van der Waals surface area contributed by atoms with Gasteiger partial charge in [0.15, 0.2) is 0 Å². The highest BCUT2D eigenvalue weighted by Gasteiger charge is 2.20. The maximum atomic E-state index is 2.51. The minimum Gasteiger partial charge on any atom is -0.359 e. The van der Waals surface area contributed by atoms with Crippen LogP contribution in [0, 0.1) is 0 Å². The average Bonchev–Trinajstić information content (AvgIpc) is 2.91. The summed E-state index contributed by atoms with van der Waals surface area (Å²) in [5.74, 6) is 0. The van der Waals surface area contributed by atoms with Crippen LogP contribution < -0.4 is 0 Å². The van der Waals surface area contributed by atoms with Crippen molar-refractivity contribution in [2.24, 2.45) is 0 Å². The Morgan fingerprint density at radius 1 is 0.652 bits per heavy atom. The third-order valence-electron chi connectivity index (χ3n) is 5.23. The standard InChI is InChI=1S/C21H42N2/c1-4-6-7-8-9-10-11-12-13-14-15-16-17-18-23-20-19-22(3)21(23)5-2/h19-21H,4-18H2,1-3H3. The normalized spacial score (nSPS) is 17.4. The molecule has 0 spiro atoms. The predicted molar refractivity (Wildman–Crippen MR) is 103 cm³/mol. The Kier molecular flexibility index (Phi) is 12.2. The summed E-state index contributed by atoms with van der Waals surface area (Å²) >= 11 is 0. The van der Waals surface area contributed by atoms with Crippen molar-refractivity contribution in [2.75, 3.05) is 13.6 Å². The molecule has 1 heterocycles. The lowest BCUT2D eigenvalue weighted by Gasteiger charge is -2.29. The summed E-state index contributed by atoms with van der Waals surface area (Å²) in [6.45, 7) is 5.81. The first-order valence-electron chi connectivity index (χ1n) is 10.5. The Morgan fingerprint density at radius 2 is 1.13 bits per heavy atom. The smallest absolute Gasteiger partial charge is 0.100 e. The highest BCUT2D eigenvalue weighted by Crippen LogP contribution is 2.18. The van der Waals surface area contributed by atoms with Crippen molar-refractivity contribution in [1.82, 2.24) is 9.80 Å². The lowest BCUT2D eigenvalue weighted by atomic mass is 10.0. The molecular formula is C21H42N2. The van der Waals surface area contributed by atoms with Gasteiger partial charge in [-0.1, -0.05) is 90.9 Å². The third-order valence-corrected chi connectivity index (χ3v) is 5.23. The van der Waals surface area contributed by atoms with Crippen LogP contribution in [-0.2, 0) is 0 Å². The molecule has 0 aromatic rings. The van der Waals surface area contributed by atoms with Gasteiger partial charge in [0, 0.05) is 26.0 Å². The van der Waals surface area contributed by atoms with Crippen molar-refractivity contribution in [3.63, 3.8) is 0 Å². The molecule has 1 rings (SSSR count). The summed E-state index contributed by atoms with van der Waals surface area (Å²) in [5, 5.41) is 0.